The van der Waals surface area contributed by atoms with Crippen LogP contribution in [0, 0.1) is 5.92 Å². The number of aliphatic carboxylic acids is 1. The summed E-state index contributed by atoms with van der Waals surface area (Å²) in [6.45, 7) is 0. The number of amides is 1. The van der Waals surface area contributed by atoms with E-state index in [2.05, 4.69) is 0 Å². The van der Waals surface area contributed by atoms with Crippen molar-refractivity contribution < 1.29 is 27.9 Å². The summed E-state index contributed by atoms with van der Waals surface area (Å²) in [5, 5.41) is 8.71. The first kappa shape index (κ1) is 14.0. The van der Waals surface area contributed by atoms with Crippen LogP contribution in [-0.4, -0.2) is 17.0 Å². The summed E-state index contributed by atoms with van der Waals surface area (Å²) in [7, 11) is 0. The second-order valence-electron chi connectivity index (χ2n) is 3.70. The number of carbonyl (C=O) groups excluding carboxylic acids is 1. The van der Waals surface area contributed by atoms with Crippen molar-refractivity contribution in [3.05, 3.63) is 35.4 Å². The highest BCUT2D eigenvalue weighted by Gasteiger charge is 2.31. The number of carboxylic acid groups (broad SMARTS) is 1. The molecule has 98 valence electrons. The zero-order chi connectivity index (χ0) is 13.9. The first-order chi connectivity index (χ1) is 8.21. The molecule has 0 bridgehead atoms. The highest BCUT2D eigenvalue weighted by Crippen LogP contribution is 2.29. The number of carbonyl (C=O) groups is 2. The lowest BCUT2D eigenvalue weighted by atomic mass is 9.97. The van der Waals surface area contributed by atoms with Gasteiger partial charge in [-0.1, -0.05) is 18.2 Å². The van der Waals surface area contributed by atoms with E-state index in [9.17, 15) is 22.8 Å². The lowest BCUT2D eigenvalue weighted by Gasteiger charge is -2.11. The molecule has 1 rings (SSSR count). The van der Waals surface area contributed by atoms with Crippen LogP contribution in [0.3, 0.4) is 0 Å². The molecule has 0 aromatic heterocycles. The largest absolute Gasteiger partial charge is 0.481 e. The third kappa shape index (κ3) is 3.47. The van der Waals surface area contributed by atoms with Crippen LogP contribution >= 0.6 is 0 Å². The van der Waals surface area contributed by atoms with E-state index < -0.39 is 29.5 Å². The van der Waals surface area contributed by atoms with Crippen molar-refractivity contribution in [3.63, 3.8) is 0 Å². The molecule has 7 heteroatoms. The maximum atomic E-state index is 12.4. The van der Waals surface area contributed by atoms with Crippen LogP contribution in [0.25, 0.3) is 0 Å². The molecule has 0 aliphatic heterocycles. The van der Waals surface area contributed by atoms with Gasteiger partial charge in [0.1, 0.15) is 5.92 Å². The lowest BCUT2D eigenvalue weighted by Crippen LogP contribution is -2.31. The maximum absolute atomic E-state index is 12.4. The minimum absolute atomic E-state index is 0.0935. The molecule has 18 heavy (non-hydrogen) atoms. The molecule has 1 unspecified atom stereocenters. The van der Waals surface area contributed by atoms with Crippen LogP contribution < -0.4 is 5.73 Å². The van der Waals surface area contributed by atoms with E-state index in [0.717, 1.165) is 18.2 Å². The average molecular weight is 261 g/mol. The van der Waals surface area contributed by atoms with Gasteiger partial charge >= 0.3 is 12.1 Å². The van der Waals surface area contributed by atoms with Gasteiger partial charge in [0.15, 0.2) is 0 Å². The fourth-order valence-electron chi connectivity index (χ4n) is 1.42. The molecule has 3 N–H and O–H groups in total. The number of alkyl halides is 3. The predicted octanol–water partition coefficient (Wildman–Crippen LogP) is 1.43. The Hall–Kier alpha value is -2.05. The highest BCUT2D eigenvalue weighted by atomic mass is 19.4. The van der Waals surface area contributed by atoms with E-state index in [1.165, 1.54) is 6.07 Å². The van der Waals surface area contributed by atoms with Gasteiger partial charge in [-0.25, -0.2) is 0 Å². The Bertz CT molecular complexity index is 457. The molecular formula is C11H10F3NO3. The third-order valence-corrected chi connectivity index (χ3v) is 2.34. The minimum atomic E-state index is -4.51. The Morgan fingerprint density at radius 3 is 2.39 bits per heavy atom. The fourth-order valence-corrected chi connectivity index (χ4v) is 1.42. The molecule has 0 saturated heterocycles. The van der Waals surface area contributed by atoms with Gasteiger partial charge in [-0.05, 0) is 18.1 Å². The number of carboxylic acids is 1. The number of halogens is 3. The maximum Gasteiger partial charge on any atom is 0.416 e. The molecule has 1 aromatic carbocycles. The quantitative estimate of drug-likeness (QED) is 0.804. The van der Waals surface area contributed by atoms with Crippen LogP contribution in [0.15, 0.2) is 24.3 Å². The number of hydrogen-bond donors (Lipinski definition) is 2. The monoisotopic (exact) mass is 261 g/mol. The first-order valence-electron chi connectivity index (χ1n) is 4.90. The summed E-state index contributed by atoms with van der Waals surface area (Å²) >= 11 is 0. The van der Waals surface area contributed by atoms with Crippen molar-refractivity contribution in [3.8, 4) is 0 Å². The van der Waals surface area contributed by atoms with Gasteiger partial charge < -0.3 is 10.8 Å². The topological polar surface area (TPSA) is 80.4 Å². The number of nitrogens with two attached hydrogens (primary N) is 1. The Labute approximate surface area is 100 Å². The summed E-state index contributed by atoms with van der Waals surface area (Å²) < 4.78 is 37.2. The minimum Gasteiger partial charge on any atom is -0.481 e. The Morgan fingerprint density at radius 1 is 1.33 bits per heavy atom. The molecule has 4 nitrogen and oxygen atoms in total. The van der Waals surface area contributed by atoms with Gasteiger partial charge in [0.25, 0.3) is 0 Å². The van der Waals surface area contributed by atoms with Crippen LogP contribution in [0.4, 0.5) is 13.2 Å². The normalized spacial score (nSPS) is 13.1. The molecule has 1 aromatic rings. The molecule has 0 fully saturated rings. The number of hydrogen-bond acceptors (Lipinski definition) is 2. The predicted molar refractivity (Wildman–Crippen MR) is 55.5 cm³/mol. The van der Waals surface area contributed by atoms with E-state index >= 15 is 0 Å². The van der Waals surface area contributed by atoms with Crippen LogP contribution in [-0.2, 0) is 22.2 Å². The van der Waals surface area contributed by atoms with Crippen molar-refractivity contribution in [1.82, 2.24) is 0 Å². The molecule has 0 spiro atoms. The van der Waals surface area contributed by atoms with Gasteiger partial charge in [0, 0.05) is 0 Å². The molecule has 1 atom stereocenters. The molecule has 0 saturated carbocycles. The van der Waals surface area contributed by atoms with Gasteiger partial charge in [0.05, 0.1) is 5.56 Å². The first-order valence-corrected chi connectivity index (χ1v) is 4.90. The fraction of sp³-hybridized carbons (Fsp3) is 0.273. The Kier molecular flexibility index (Phi) is 3.95. The van der Waals surface area contributed by atoms with Crippen molar-refractivity contribution in [2.75, 3.05) is 0 Å². The van der Waals surface area contributed by atoms with E-state index in [1.807, 2.05) is 0 Å². The van der Waals surface area contributed by atoms with Crippen LogP contribution in [0.2, 0.25) is 0 Å². The zero-order valence-electron chi connectivity index (χ0n) is 9.07. The smallest absolute Gasteiger partial charge is 0.416 e. The van der Waals surface area contributed by atoms with E-state index in [4.69, 9.17) is 10.8 Å². The zero-order valence-corrected chi connectivity index (χ0v) is 9.07. The Morgan fingerprint density at radius 2 is 1.94 bits per heavy atom. The highest BCUT2D eigenvalue weighted by molar-refractivity contribution is 5.96. The summed E-state index contributed by atoms with van der Waals surface area (Å²) in [6.07, 6.45) is -4.88. The summed E-state index contributed by atoms with van der Waals surface area (Å²) in [5.74, 6) is -4.08. The van der Waals surface area contributed by atoms with Gasteiger partial charge in [0.2, 0.25) is 5.91 Å². The van der Waals surface area contributed by atoms with E-state index in [-0.39, 0.29) is 12.0 Å². The van der Waals surface area contributed by atoms with Gasteiger partial charge in [-0.2, -0.15) is 13.2 Å². The number of benzene rings is 1. The van der Waals surface area contributed by atoms with E-state index in [1.54, 1.807) is 0 Å². The second-order valence-corrected chi connectivity index (χ2v) is 3.70. The Balaban J connectivity index is 2.98. The van der Waals surface area contributed by atoms with Crippen LogP contribution in [0.1, 0.15) is 11.1 Å². The standard InChI is InChI=1S/C11H10F3NO3/c12-11(13,14)7-3-1-2-6(4-7)5-8(9(15)16)10(17)18/h1-4,8H,5H2,(H2,15,16)(H,17,18). The number of rotatable bonds is 4. The molecule has 0 aliphatic carbocycles. The van der Waals surface area contributed by atoms with Crippen molar-refractivity contribution in [2.24, 2.45) is 11.7 Å². The third-order valence-electron chi connectivity index (χ3n) is 2.34. The molecule has 0 heterocycles. The molecule has 1 amide bonds. The summed E-state index contributed by atoms with van der Waals surface area (Å²) in [6, 6.07) is 4.13. The van der Waals surface area contributed by atoms with E-state index in [0.29, 0.717) is 0 Å². The SMILES string of the molecule is NC(=O)C(Cc1cccc(C(F)(F)F)c1)C(=O)O. The second kappa shape index (κ2) is 5.07. The van der Waals surface area contributed by atoms with Gasteiger partial charge in [-0.3, -0.25) is 9.59 Å². The molecular weight excluding hydrogens is 251 g/mol. The van der Waals surface area contributed by atoms with Crippen molar-refractivity contribution in [2.45, 2.75) is 12.6 Å². The molecule has 0 aliphatic rings. The van der Waals surface area contributed by atoms with Gasteiger partial charge in [-0.15, -0.1) is 0 Å². The van der Waals surface area contributed by atoms with Crippen molar-refractivity contribution >= 4 is 11.9 Å². The lowest BCUT2D eigenvalue weighted by molar-refractivity contribution is -0.145. The van der Waals surface area contributed by atoms with Crippen molar-refractivity contribution in [1.29, 1.82) is 0 Å². The average Bonchev–Trinajstić information content (AvgIpc) is 2.24. The van der Waals surface area contributed by atoms with Crippen LogP contribution in [0.5, 0.6) is 0 Å². The molecule has 0 radical (unpaired) electrons. The summed E-state index contributed by atoms with van der Waals surface area (Å²) in [5.41, 5.74) is 4.07. The summed E-state index contributed by atoms with van der Waals surface area (Å²) in [4.78, 5) is 21.6. The number of primary amides is 1.